The quantitative estimate of drug-likeness (QED) is 0.823. The van der Waals surface area contributed by atoms with E-state index in [0.717, 1.165) is 24.3 Å². The van der Waals surface area contributed by atoms with Crippen LogP contribution in [-0.4, -0.2) is 41.2 Å². The van der Waals surface area contributed by atoms with Crippen molar-refractivity contribution in [3.05, 3.63) is 22.2 Å². The first kappa shape index (κ1) is 13.0. The van der Waals surface area contributed by atoms with Crippen LogP contribution in [0.15, 0.2) is 15.4 Å². The number of aryl methyl sites for hydroxylation is 1. The summed E-state index contributed by atoms with van der Waals surface area (Å²) in [5, 5.41) is 0. The minimum Gasteiger partial charge on any atom is -0.373 e. The topological polar surface area (TPSA) is 81.5 Å². The highest BCUT2D eigenvalue weighted by atomic mass is 16.5. The van der Waals surface area contributed by atoms with Crippen molar-refractivity contribution in [1.29, 1.82) is 0 Å². The van der Waals surface area contributed by atoms with Crippen molar-refractivity contribution in [2.24, 2.45) is 11.7 Å². The Morgan fingerprint density at radius 2 is 2.39 bits per heavy atom. The molecule has 1 saturated heterocycles. The van der Waals surface area contributed by atoms with E-state index in [1.807, 2.05) is 11.8 Å². The fraction of sp³-hybridized carbons (Fsp3) is 0.667. The Hall–Kier alpha value is -1.40. The Kier molecular flexibility index (Phi) is 3.68. The third kappa shape index (κ3) is 2.70. The van der Waals surface area contributed by atoms with Crippen LogP contribution in [0, 0.1) is 12.8 Å². The number of rotatable bonds is 3. The summed E-state index contributed by atoms with van der Waals surface area (Å²) in [4.78, 5) is 25.4. The average Bonchev–Trinajstić information content (AvgIpc) is 2.85. The number of likely N-dealkylation sites (tertiary alicyclic amines) is 1. The molecule has 0 aliphatic carbocycles. The average molecular weight is 253 g/mol. The summed E-state index contributed by atoms with van der Waals surface area (Å²) in [6.45, 7) is 5.48. The molecule has 2 N–H and O–H groups in total. The molecule has 1 fully saturated rings. The number of carbonyl (C=O) groups is 1. The van der Waals surface area contributed by atoms with Gasteiger partial charge < -0.3 is 10.3 Å². The molecular weight excluding hydrogens is 234 g/mol. The van der Waals surface area contributed by atoms with Crippen LogP contribution in [0.1, 0.15) is 23.9 Å². The summed E-state index contributed by atoms with van der Waals surface area (Å²) in [5.74, 6) is 0.550. The van der Waals surface area contributed by atoms with E-state index < -0.39 is 5.56 Å². The highest BCUT2D eigenvalue weighted by Gasteiger charge is 2.27. The number of nitrogens with zero attached hydrogens (tertiary/aromatic N) is 2. The first-order valence-corrected chi connectivity index (χ1v) is 6.18. The first-order valence-electron chi connectivity index (χ1n) is 6.18. The van der Waals surface area contributed by atoms with Gasteiger partial charge in [-0.05, 0) is 32.7 Å². The van der Waals surface area contributed by atoms with Crippen molar-refractivity contribution in [2.45, 2.75) is 26.3 Å². The molecule has 0 amide bonds. The van der Waals surface area contributed by atoms with Crippen molar-refractivity contribution in [3.8, 4) is 0 Å². The molecule has 2 atom stereocenters. The van der Waals surface area contributed by atoms with Crippen LogP contribution in [-0.2, 0) is 0 Å². The van der Waals surface area contributed by atoms with Gasteiger partial charge in [0.25, 0.3) is 11.5 Å². The van der Waals surface area contributed by atoms with Gasteiger partial charge in [0.2, 0.25) is 0 Å². The molecule has 0 saturated carbocycles. The summed E-state index contributed by atoms with van der Waals surface area (Å²) in [6, 6.07) is 1.45. The van der Waals surface area contributed by atoms with Crippen LogP contribution in [0.25, 0.3) is 0 Å². The summed E-state index contributed by atoms with van der Waals surface area (Å²) in [6.07, 6.45) is 0.997. The largest absolute Gasteiger partial charge is 0.373 e. The molecule has 2 rings (SSSR count). The zero-order valence-electron chi connectivity index (χ0n) is 10.8. The van der Waals surface area contributed by atoms with E-state index >= 15 is 0 Å². The third-order valence-corrected chi connectivity index (χ3v) is 3.40. The number of aromatic nitrogens is 1. The Morgan fingerprint density at radius 1 is 1.67 bits per heavy atom. The monoisotopic (exact) mass is 253 g/mol. The molecule has 6 heteroatoms. The molecule has 1 aromatic rings. The van der Waals surface area contributed by atoms with Crippen molar-refractivity contribution in [3.63, 3.8) is 0 Å². The van der Waals surface area contributed by atoms with Gasteiger partial charge >= 0.3 is 0 Å². The smallest absolute Gasteiger partial charge is 0.290 e. The molecule has 2 heterocycles. The van der Waals surface area contributed by atoms with Gasteiger partial charge in [-0.1, -0.05) is 0 Å². The van der Waals surface area contributed by atoms with Gasteiger partial charge in [-0.2, -0.15) is 0 Å². The lowest BCUT2D eigenvalue weighted by atomic mass is 10.0. The molecule has 2 unspecified atom stereocenters. The maximum Gasteiger partial charge on any atom is 0.290 e. The zero-order chi connectivity index (χ0) is 13.3. The summed E-state index contributed by atoms with van der Waals surface area (Å²) >= 11 is 0. The molecular formula is C12H19N3O3. The second-order valence-electron chi connectivity index (χ2n) is 5.02. The van der Waals surface area contributed by atoms with Crippen LogP contribution < -0.4 is 11.3 Å². The zero-order valence-corrected chi connectivity index (χ0v) is 10.8. The number of hydrogen-bond donors (Lipinski definition) is 1. The molecule has 0 radical (unpaired) electrons. The molecule has 1 aliphatic heterocycles. The first-order chi connectivity index (χ1) is 8.47. The van der Waals surface area contributed by atoms with Crippen LogP contribution in [0.2, 0.25) is 0 Å². The maximum absolute atomic E-state index is 11.9. The van der Waals surface area contributed by atoms with Gasteiger partial charge in [0.1, 0.15) is 5.76 Å². The lowest BCUT2D eigenvalue weighted by Crippen LogP contribution is -2.36. The minimum atomic E-state index is -0.402. The normalized spacial score (nSPS) is 22.3. The van der Waals surface area contributed by atoms with Crippen LogP contribution in [0.4, 0.5) is 0 Å². The van der Waals surface area contributed by atoms with Crippen molar-refractivity contribution in [1.82, 2.24) is 9.64 Å². The van der Waals surface area contributed by atoms with Gasteiger partial charge in [0.15, 0.2) is 0 Å². The maximum atomic E-state index is 11.9. The van der Waals surface area contributed by atoms with Crippen molar-refractivity contribution >= 4 is 5.91 Å². The Labute approximate surface area is 105 Å². The van der Waals surface area contributed by atoms with Gasteiger partial charge in [-0.25, -0.2) is 0 Å². The predicted octanol–water partition coefficient (Wildman–Crippen LogP) is 0.0590. The number of carbonyl (C=O) groups excluding carboxylic acids is 1. The van der Waals surface area contributed by atoms with Gasteiger partial charge in [-0.15, -0.1) is 4.74 Å². The van der Waals surface area contributed by atoms with E-state index in [2.05, 4.69) is 0 Å². The standard InChI is InChI=1S/C12H19N3O3/c1-8-5-11(16)15(18-8)12(17)7-14-4-3-10(6-14)9(2)13/h5,9-10H,3-4,6-7,13H2,1-2H3. The fourth-order valence-electron chi connectivity index (χ4n) is 2.31. The third-order valence-electron chi connectivity index (χ3n) is 3.40. The second kappa shape index (κ2) is 5.07. The molecule has 1 aromatic heterocycles. The van der Waals surface area contributed by atoms with Crippen molar-refractivity contribution in [2.75, 3.05) is 19.6 Å². The molecule has 1 aliphatic rings. The summed E-state index contributed by atoms with van der Waals surface area (Å²) < 4.78 is 5.89. The fourth-order valence-corrected chi connectivity index (χ4v) is 2.31. The van der Waals surface area contributed by atoms with Gasteiger partial charge in [-0.3, -0.25) is 14.5 Å². The Balaban J connectivity index is 1.97. The lowest BCUT2D eigenvalue weighted by molar-refractivity contribution is 0.0727. The predicted molar refractivity (Wildman–Crippen MR) is 66.5 cm³/mol. The molecule has 6 nitrogen and oxygen atoms in total. The van der Waals surface area contributed by atoms with E-state index in [-0.39, 0.29) is 18.5 Å². The lowest BCUT2D eigenvalue weighted by Gasteiger charge is -2.16. The highest BCUT2D eigenvalue weighted by molar-refractivity contribution is 5.79. The summed E-state index contributed by atoms with van der Waals surface area (Å²) in [7, 11) is 0. The van der Waals surface area contributed by atoms with Gasteiger partial charge in [0.05, 0.1) is 6.54 Å². The minimum absolute atomic E-state index is 0.138. The Morgan fingerprint density at radius 3 is 2.89 bits per heavy atom. The van der Waals surface area contributed by atoms with Crippen LogP contribution >= 0.6 is 0 Å². The van der Waals surface area contributed by atoms with Crippen LogP contribution in [0.3, 0.4) is 0 Å². The van der Waals surface area contributed by atoms with Crippen LogP contribution in [0.5, 0.6) is 0 Å². The second-order valence-corrected chi connectivity index (χ2v) is 5.02. The number of hydrogen-bond acceptors (Lipinski definition) is 5. The van der Waals surface area contributed by atoms with Gasteiger partial charge in [0, 0.05) is 18.7 Å². The van der Waals surface area contributed by atoms with E-state index in [1.54, 1.807) is 6.92 Å². The highest BCUT2D eigenvalue weighted by Crippen LogP contribution is 2.18. The molecule has 0 spiro atoms. The molecule has 18 heavy (non-hydrogen) atoms. The van der Waals surface area contributed by atoms with E-state index in [4.69, 9.17) is 10.3 Å². The SMILES string of the molecule is Cc1cc(=O)n(C(=O)CN2CCC(C(C)N)C2)o1. The molecule has 100 valence electrons. The molecule has 0 bridgehead atoms. The van der Waals surface area contributed by atoms with E-state index in [0.29, 0.717) is 11.7 Å². The van der Waals surface area contributed by atoms with E-state index in [9.17, 15) is 9.59 Å². The van der Waals surface area contributed by atoms with E-state index in [1.165, 1.54) is 6.07 Å². The van der Waals surface area contributed by atoms with Crippen molar-refractivity contribution < 1.29 is 9.32 Å². The summed E-state index contributed by atoms with van der Waals surface area (Å²) in [5.41, 5.74) is 5.44. The number of nitrogens with two attached hydrogens (primary N) is 1. The molecule has 0 aromatic carbocycles. The Bertz CT molecular complexity index is 489.